The Morgan fingerprint density at radius 2 is 2.21 bits per heavy atom. The van der Waals surface area contributed by atoms with Crippen LogP contribution in [-0.2, 0) is 6.54 Å². The molecule has 5 heteroatoms. The van der Waals surface area contributed by atoms with Gasteiger partial charge >= 0.3 is 0 Å². The Morgan fingerprint density at radius 1 is 1.37 bits per heavy atom. The second kappa shape index (κ2) is 5.67. The van der Waals surface area contributed by atoms with Gasteiger partial charge in [-0.15, -0.1) is 5.10 Å². The van der Waals surface area contributed by atoms with E-state index in [1.54, 1.807) is 0 Å². The van der Waals surface area contributed by atoms with Gasteiger partial charge in [0.25, 0.3) is 0 Å². The summed E-state index contributed by atoms with van der Waals surface area (Å²) in [5.74, 6) is 0.658. The summed E-state index contributed by atoms with van der Waals surface area (Å²) in [6, 6.07) is 10.8. The molecule has 1 aromatic carbocycles. The second-order valence-corrected chi connectivity index (χ2v) is 5.68. The lowest BCUT2D eigenvalue weighted by atomic mass is 9.99. The fraction of sp³-hybridized carbons (Fsp3) is 0.429. The molecule has 1 fully saturated rings. The molecule has 0 bridgehead atoms. The second-order valence-electron chi connectivity index (χ2n) is 4.93. The van der Waals surface area contributed by atoms with Gasteiger partial charge in [0, 0.05) is 31.7 Å². The predicted octanol–water partition coefficient (Wildman–Crippen LogP) is 2.57. The van der Waals surface area contributed by atoms with Crippen molar-refractivity contribution in [3.8, 4) is 0 Å². The van der Waals surface area contributed by atoms with E-state index in [1.165, 1.54) is 23.5 Å². The molecule has 3 rings (SSSR count). The molecule has 0 radical (unpaired) electrons. The molecule has 1 N–H and O–H groups in total. The van der Waals surface area contributed by atoms with E-state index in [4.69, 9.17) is 0 Å². The third-order valence-corrected chi connectivity index (χ3v) is 4.49. The fourth-order valence-electron chi connectivity index (χ4n) is 2.69. The molecule has 1 unspecified atom stereocenters. The number of nitrogens with zero attached hydrogens (tertiary/aromatic N) is 3. The summed E-state index contributed by atoms with van der Waals surface area (Å²) in [6.07, 6.45) is 1.23. The molecular formula is C14H18N4S. The minimum atomic E-state index is 0.658. The maximum Gasteiger partial charge on any atom is 0.134 e. The molecule has 4 nitrogen and oxygen atoms in total. The average molecular weight is 274 g/mol. The van der Waals surface area contributed by atoms with E-state index in [0.29, 0.717) is 5.92 Å². The first-order chi connectivity index (χ1) is 9.36. The maximum atomic E-state index is 4.21. The molecule has 100 valence electrons. The van der Waals surface area contributed by atoms with Crippen LogP contribution in [-0.4, -0.2) is 34.6 Å². The number of hydrogen-bond donors (Lipinski definition) is 1. The van der Waals surface area contributed by atoms with Gasteiger partial charge in [-0.05, 0) is 24.4 Å². The zero-order valence-corrected chi connectivity index (χ0v) is 11.9. The van der Waals surface area contributed by atoms with Gasteiger partial charge in [-0.3, -0.25) is 4.90 Å². The highest BCUT2D eigenvalue weighted by Gasteiger charge is 2.24. The first-order valence-corrected chi connectivity index (χ1v) is 7.40. The average Bonchev–Trinajstić information content (AvgIpc) is 3.09. The summed E-state index contributed by atoms with van der Waals surface area (Å²) in [5.41, 5.74) is 2.52. The van der Waals surface area contributed by atoms with E-state index >= 15 is 0 Å². The lowest BCUT2D eigenvalue weighted by Crippen LogP contribution is -2.20. The summed E-state index contributed by atoms with van der Waals surface area (Å²) in [7, 11) is 1.93. The van der Waals surface area contributed by atoms with Crippen molar-refractivity contribution in [2.45, 2.75) is 18.9 Å². The van der Waals surface area contributed by atoms with Crippen molar-refractivity contribution in [2.24, 2.45) is 0 Å². The number of hydrogen-bond acceptors (Lipinski definition) is 5. The Morgan fingerprint density at radius 3 is 3.00 bits per heavy atom. The van der Waals surface area contributed by atoms with Crippen LogP contribution in [0, 0.1) is 0 Å². The maximum absolute atomic E-state index is 4.21. The first kappa shape index (κ1) is 12.6. The van der Waals surface area contributed by atoms with Crippen LogP contribution in [0.5, 0.6) is 0 Å². The number of rotatable bonds is 4. The predicted molar refractivity (Wildman–Crippen MR) is 78.5 cm³/mol. The smallest absolute Gasteiger partial charge is 0.134 e. The Kier molecular flexibility index (Phi) is 3.75. The lowest BCUT2D eigenvalue weighted by molar-refractivity contribution is 0.323. The standard InChI is InChI=1S/C14H18N4S/c1-15-14-13(16-17-19-14)10-18-8-7-12(9-18)11-5-3-2-4-6-11/h2-6,12,15H,7-10H2,1H3. The highest BCUT2D eigenvalue weighted by Crippen LogP contribution is 2.29. The van der Waals surface area contributed by atoms with Crippen LogP contribution in [0.4, 0.5) is 5.00 Å². The molecule has 1 saturated heterocycles. The van der Waals surface area contributed by atoms with Gasteiger partial charge < -0.3 is 5.32 Å². The van der Waals surface area contributed by atoms with Crippen molar-refractivity contribution >= 4 is 16.5 Å². The number of likely N-dealkylation sites (tertiary alicyclic amines) is 1. The summed E-state index contributed by atoms with van der Waals surface area (Å²) in [6.45, 7) is 3.15. The molecule has 1 atom stereocenters. The van der Waals surface area contributed by atoms with Crippen molar-refractivity contribution in [2.75, 3.05) is 25.5 Å². The van der Waals surface area contributed by atoms with Crippen LogP contribution >= 0.6 is 11.5 Å². The van der Waals surface area contributed by atoms with Crippen molar-refractivity contribution in [1.82, 2.24) is 14.5 Å². The van der Waals surface area contributed by atoms with Gasteiger partial charge in [0.1, 0.15) is 10.7 Å². The molecule has 1 aromatic heterocycles. The Balaban J connectivity index is 1.63. The highest BCUT2D eigenvalue weighted by molar-refractivity contribution is 7.10. The third-order valence-electron chi connectivity index (χ3n) is 3.70. The first-order valence-electron chi connectivity index (χ1n) is 6.63. The van der Waals surface area contributed by atoms with E-state index < -0.39 is 0 Å². The minimum Gasteiger partial charge on any atom is -0.377 e. The van der Waals surface area contributed by atoms with Crippen LogP contribution in [0.25, 0.3) is 0 Å². The van der Waals surface area contributed by atoms with Crippen molar-refractivity contribution < 1.29 is 0 Å². The van der Waals surface area contributed by atoms with E-state index in [-0.39, 0.29) is 0 Å². The number of aromatic nitrogens is 2. The van der Waals surface area contributed by atoms with Crippen LogP contribution in [0.15, 0.2) is 30.3 Å². The number of benzene rings is 1. The monoisotopic (exact) mass is 274 g/mol. The van der Waals surface area contributed by atoms with Gasteiger partial charge in [-0.25, -0.2) is 0 Å². The largest absolute Gasteiger partial charge is 0.377 e. The van der Waals surface area contributed by atoms with E-state index in [9.17, 15) is 0 Å². The Bertz CT molecular complexity index is 525. The molecule has 2 aromatic rings. The third kappa shape index (κ3) is 2.77. The van der Waals surface area contributed by atoms with Crippen molar-refractivity contribution in [1.29, 1.82) is 0 Å². The van der Waals surface area contributed by atoms with Crippen LogP contribution in [0.1, 0.15) is 23.6 Å². The Labute approximate surface area is 117 Å². The van der Waals surface area contributed by atoms with Gasteiger partial charge in [-0.1, -0.05) is 34.8 Å². The SMILES string of the molecule is CNc1snnc1CN1CCC(c2ccccc2)C1. The molecule has 0 amide bonds. The normalized spacial score (nSPS) is 19.7. The molecular weight excluding hydrogens is 256 g/mol. The van der Waals surface area contributed by atoms with E-state index in [0.717, 1.165) is 30.3 Å². The molecule has 19 heavy (non-hydrogen) atoms. The lowest BCUT2D eigenvalue weighted by Gasteiger charge is -2.15. The molecule has 0 saturated carbocycles. The van der Waals surface area contributed by atoms with E-state index in [1.807, 2.05) is 7.05 Å². The summed E-state index contributed by atoms with van der Waals surface area (Å²) in [4.78, 5) is 2.47. The Hall–Kier alpha value is -1.46. The van der Waals surface area contributed by atoms with Crippen LogP contribution in [0.3, 0.4) is 0 Å². The quantitative estimate of drug-likeness (QED) is 0.930. The van der Waals surface area contributed by atoms with Gasteiger partial charge in [0.15, 0.2) is 0 Å². The number of anilines is 1. The van der Waals surface area contributed by atoms with Gasteiger partial charge in [0.2, 0.25) is 0 Å². The van der Waals surface area contributed by atoms with Crippen molar-refractivity contribution in [3.63, 3.8) is 0 Å². The zero-order valence-electron chi connectivity index (χ0n) is 11.0. The molecule has 0 spiro atoms. The summed E-state index contributed by atoms with van der Waals surface area (Å²) >= 11 is 1.43. The molecule has 2 heterocycles. The van der Waals surface area contributed by atoms with Crippen LogP contribution < -0.4 is 5.32 Å². The van der Waals surface area contributed by atoms with Crippen LogP contribution in [0.2, 0.25) is 0 Å². The molecule has 0 aliphatic carbocycles. The molecule has 1 aliphatic heterocycles. The molecule has 1 aliphatic rings. The minimum absolute atomic E-state index is 0.658. The zero-order chi connectivity index (χ0) is 13.1. The van der Waals surface area contributed by atoms with Gasteiger partial charge in [0.05, 0.1) is 0 Å². The number of nitrogens with one attached hydrogen (secondary N) is 1. The topological polar surface area (TPSA) is 41.1 Å². The van der Waals surface area contributed by atoms with Crippen molar-refractivity contribution in [3.05, 3.63) is 41.6 Å². The van der Waals surface area contributed by atoms with Gasteiger partial charge in [-0.2, -0.15) is 0 Å². The highest BCUT2D eigenvalue weighted by atomic mass is 32.1. The van der Waals surface area contributed by atoms with E-state index in [2.05, 4.69) is 50.1 Å². The summed E-state index contributed by atoms with van der Waals surface area (Å²) < 4.78 is 4.01. The summed E-state index contributed by atoms with van der Waals surface area (Å²) in [5, 5.41) is 8.46. The fourth-order valence-corrected chi connectivity index (χ4v) is 3.21.